The van der Waals surface area contributed by atoms with Gasteiger partial charge in [0.05, 0.1) is 42.1 Å². The Morgan fingerprint density at radius 1 is 1.21 bits per heavy atom. The Hall–Kier alpha value is -2.89. The Labute approximate surface area is 198 Å². The molecule has 0 spiro atoms. The summed E-state index contributed by atoms with van der Waals surface area (Å²) in [5.41, 5.74) is 2.82. The first kappa shape index (κ1) is 23.3. The van der Waals surface area contributed by atoms with E-state index in [0.29, 0.717) is 41.1 Å². The van der Waals surface area contributed by atoms with E-state index in [1.54, 1.807) is 26.6 Å². The van der Waals surface area contributed by atoms with Crippen molar-refractivity contribution >= 4 is 39.0 Å². The molecule has 1 aliphatic carbocycles. The molecule has 2 heterocycles. The van der Waals surface area contributed by atoms with Gasteiger partial charge in [-0.15, -0.1) is 11.3 Å². The van der Waals surface area contributed by atoms with E-state index in [9.17, 15) is 9.00 Å². The van der Waals surface area contributed by atoms with Crippen molar-refractivity contribution in [3.05, 3.63) is 47.7 Å². The number of nitrogens with zero attached hydrogens (tertiary/aromatic N) is 3. The number of carbonyl (C=O) groups excluding carboxylic acids is 1. The lowest BCUT2D eigenvalue weighted by molar-refractivity contribution is -0.118. The number of methoxy groups -OCH3 is 2. The summed E-state index contributed by atoms with van der Waals surface area (Å²) >= 11 is 1.35. The van der Waals surface area contributed by atoms with Crippen molar-refractivity contribution in [1.82, 2.24) is 15.0 Å². The number of benzene rings is 1. The molecule has 2 aromatic heterocycles. The lowest BCUT2D eigenvalue weighted by atomic mass is 10.0. The largest absolute Gasteiger partial charge is 0.480 e. The number of hydrogen-bond donors (Lipinski definition) is 2. The number of carbonyl (C=O) groups is 1. The van der Waals surface area contributed by atoms with E-state index in [1.807, 2.05) is 29.6 Å². The van der Waals surface area contributed by atoms with Gasteiger partial charge in [0.2, 0.25) is 11.8 Å². The van der Waals surface area contributed by atoms with Gasteiger partial charge in [-0.2, -0.15) is 0 Å². The summed E-state index contributed by atoms with van der Waals surface area (Å²) in [6, 6.07) is 7.35. The summed E-state index contributed by atoms with van der Waals surface area (Å²) in [5, 5.41) is 5.56. The number of hydrogen-bond acceptors (Lipinski definition) is 8. The average Bonchev–Trinajstić information content (AvgIpc) is 3.60. The van der Waals surface area contributed by atoms with Crippen LogP contribution in [0.1, 0.15) is 30.9 Å². The van der Waals surface area contributed by atoms with Crippen LogP contribution in [0, 0.1) is 0 Å². The third-order valence-corrected chi connectivity index (χ3v) is 7.47. The van der Waals surface area contributed by atoms with Crippen LogP contribution in [0.25, 0.3) is 11.3 Å². The van der Waals surface area contributed by atoms with Gasteiger partial charge in [0.1, 0.15) is 11.0 Å². The minimum absolute atomic E-state index is 0.180. The van der Waals surface area contributed by atoms with Crippen LogP contribution in [0.5, 0.6) is 5.88 Å². The number of thiazole rings is 1. The number of rotatable bonds is 11. The van der Waals surface area contributed by atoms with E-state index in [4.69, 9.17) is 9.47 Å². The van der Waals surface area contributed by atoms with E-state index in [2.05, 4.69) is 25.0 Å². The monoisotopic (exact) mass is 487 g/mol. The first-order valence-electron chi connectivity index (χ1n) is 10.5. The Morgan fingerprint density at radius 2 is 2.00 bits per heavy atom. The van der Waals surface area contributed by atoms with Gasteiger partial charge < -0.3 is 14.8 Å². The van der Waals surface area contributed by atoms with Gasteiger partial charge in [-0.25, -0.2) is 14.2 Å². The molecule has 4 rings (SSSR count). The van der Waals surface area contributed by atoms with Crippen LogP contribution in [0.2, 0.25) is 0 Å². The van der Waals surface area contributed by atoms with E-state index in [1.165, 1.54) is 11.3 Å². The number of nitrogens with one attached hydrogen (secondary N) is 2. The standard InChI is InChI=1S/C22H25N5O4S2/c1-30-10-9-17(19-13-32-22(26-19)27-33(29)16-7-8-16)21(28)24-15-5-3-14(4-6-15)18-11-23-12-20(25-18)31-2/h3-6,11-13,16-17H,7-10H2,1-2H3,(H,24,28)(H,26,27). The van der Waals surface area contributed by atoms with Crippen LogP contribution in [-0.4, -0.2) is 51.1 Å². The smallest absolute Gasteiger partial charge is 0.233 e. The van der Waals surface area contributed by atoms with Crippen molar-refractivity contribution in [2.24, 2.45) is 0 Å². The maximum Gasteiger partial charge on any atom is 0.233 e. The molecule has 1 aromatic carbocycles. The minimum atomic E-state index is -1.12. The molecule has 0 saturated heterocycles. The van der Waals surface area contributed by atoms with Gasteiger partial charge in [0.15, 0.2) is 5.13 Å². The Kier molecular flexibility index (Phi) is 7.63. The van der Waals surface area contributed by atoms with Crippen LogP contribution < -0.4 is 14.8 Å². The minimum Gasteiger partial charge on any atom is -0.480 e. The Bertz CT molecular complexity index is 1120. The first-order chi connectivity index (χ1) is 16.1. The second kappa shape index (κ2) is 10.8. The van der Waals surface area contributed by atoms with Crippen molar-refractivity contribution < 1.29 is 18.5 Å². The van der Waals surface area contributed by atoms with Gasteiger partial charge >= 0.3 is 0 Å². The highest BCUT2D eigenvalue weighted by molar-refractivity contribution is 7.87. The molecule has 1 amide bonds. The molecule has 1 fully saturated rings. The molecule has 0 bridgehead atoms. The molecule has 0 radical (unpaired) electrons. The van der Waals surface area contributed by atoms with Crippen molar-refractivity contribution in [2.45, 2.75) is 30.4 Å². The molecule has 174 valence electrons. The average molecular weight is 488 g/mol. The molecule has 3 aromatic rings. The van der Waals surface area contributed by atoms with Crippen molar-refractivity contribution in [3.8, 4) is 17.1 Å². The zero-order valence-electron chi connectivity index (χ0n) is 18.3. The zero-order valence-corrected chi connectivity index (χ0v) is 19.9. The van der Waals surface area contributed by atoms with Crippen LogP contribution in [0.3, 0.4) is 0 Å². The zero-order chi connectivity index (χ0) is 23.2. The van der Waals surface area contributed by atoms with Gasteiger partial charge in [0.25, 0.3) is 0 Å². The molecule has 0 aliphatic heterocycles. The topological polar surface area (TPSA) is 115 Å². The van der Waals surface area contributed by atoms with E-state index in [-0.39, 0.29) is 11.2 Å². The number of anilines is 2. The normalized spacial score (nSPS) is 15.0. The summed E-state index contributed by atoms with van der Waals surface area (Å²) < 4.78 is 25.4. The van der Waals surface area contributed by atoms with E-state index >= 15 is 0 Å². The maximum absolute atomic E-state index is 13.1. The van der Waals surface area contributed by atoms with Gasteiger partial charge in [-0.3, -0.25) is 14.5 Å². The SMILES string of the molecule is COCCC(C(=O)Nc1ccc(-c2cncc(OC)n2)cc1)c1csc(NS(=O)C2CC2)n1. The predicted octanol–water partition coefficient (Wildman–Crippen LogP) is 3.61. The number of aromatic nitrogens is 3. The Balaban J connectivity index is 1.44. The lowest BCUT2D eigenvalue weighted by Gasteiger charge is -2.15. The number of amides is 1. The highest BCUT2D eigenvalue weighted by Crippen LogP contribution is 2.30. The summed E-state index contributed by atoms with van der Waals surface area (Å²) in [4.78, 5) is 26.1. The van der Waals surface area contributed by atoms with E-state index in [0.717, 1.165) is 18.4 Å². The fourth-order valence-electron chi connectivity index (χ4n) is 3.13. The molecule has 33 heavy (non-hydrogen) atoms. The fourth-order valence-corrected chi connectivity index (χ4v) is 5.13. The van der Waals surface area contributed by atoms with Crippen LogP contribution in [-0.2, 0) is 20.5 Å². The predicted molar refractivity (Wildman–Crippen MR) is 129 cm³/mol. The molecule has 1 aliphatic rings. The Morgan fingerprint density at radius 3 is 2.70 bits per heavy atom. The molecular weight excluding hydrogens is 462 g/mol. The maximum atomic E-state index is 13.1. The third kappa shape index (κ3) is 6.12. The molecular formula is C22H25N5O4S2. The second-order valence-electron chi connectivity index (χ2n) is 7.52. The third-order valence-electron chi connectivity index (χ3n) is 5.09. The van der Waals surface area contributed by atoms with Crippen LogP contribution >= 0.6 is 11.3 Å². The fraction of sp³-hybridized carbons (Fsp3) is 0.364. The van der Waals surface area contributed by atoms with E-state index < -0.39 is 16.9 Å². The molecule has 2 atom stereocenters. The molecule has 11 heteroatoms. The van der Waals surface area contributed by atoms with Crippen LogP contribution in [0.15, 0.2) is 42.0 Å². The van der Waals surface area contributed by atoms with Crippen LogP contribution in [0.4, 0.5) is 10.8 Å². The lowest BCUT2D eigenvalue weighted by Crippen LogP contribution is -2.23. The van der Waals surface area contributed by atoms with Crippen molar-refractivity contribution in [2.75, 3.05) is 30.9 Å². The summed E-state index contributed by atoms with van der Waals surface area (Å²) in [5.74, 6) is -0.236. The highest BCUT2D eigenvalue weighted by Gasteiger charge is 2.30. The molecule has 9 nitrogen and oxygen atoms in total. The summed E-state index contributed by atoms with van der Waals surface area (Å²) in [7, 11) is 2.02. The quantitative estimate of drug-likeness (QED) is 0.424. The summed E-state index contributed by atoms with van der Waals surface area (Å²) in [6.45, 7) is 0.416. The summed E-state index contributed by atoms with van der Waals surface area (Å²) in [6.07, 6.45) is 5.62. The highest BCUT2D eigenvalue weighted by atomic mass is 32.2. The molecule has 2 N–H and O–H groups in total. The molecule has 1 saturated carbocycles. The number of ether oxygens (including phenoxy) is 2. The van der Waals surface area contributed by atoms with Crippen molar-refractivity contribution in [3.63, 3.8) is 0 Å². The van der Waals surface area contributed by atoms with Gasteiger partial charge in [0, 0.05) is 30.3 Å². The molecule has 2 unspecified atom stereocenters. The van der Waals surface area contributed by atoms with Gasteiger partial charge in [-0.05, 0) is 31.4 Å². The van der Waals surface area contributed by atoms with Gasteiger partial charge in [-0.1, -0.05) is 12.1 Å². The first-order valence-corrected chi connectivity index (χ1v) is 12.6. The van der Waals surface area contributed by atoms with Crippen molar-refractivity contribution in [1.29, 1.82) is 0 Å². The second-order valence-corrected chi connectivity index (χ2v) is 9.85.